The van der Waals surface area contributed by atoms with Crippen molar-refractivity contribution in [1.82, 2.24) is 10.2 Å². The number of anilines is 1. The van der Waals surface area contributed by atoms with E-state index in [1.54, 1.807) is 25.1 Å². The van der Waals surface area contributed by atoms with Gasteiger partial charge in [-0.2, -0.15) is 0 Å². The minimum Gasteiger partial charge on any atom is -0.493 e. The van der Waals surface area contributed by atoms with E-state index in [-0.39, 0.29) is 44.9 Å². The van der Waals surface area contributed by atoms with Gasteiger partial charge in [0.15, 0.2) is 11.5 Å². The van der Waals surface area contributed by atoms with Crippen LogP contribution in [-0.2, 0) is 26.2 Å². The molecule has 1 aliphatic rings. The van der Waals surface area contributed by atoms with E-state index in [0.717, 1.165) is 42.1 Å². The third-order valence-corrected chi connectivity index (χ3v) is 10.1. The zero-order valence-electron chi connectivity index (χ0n) is 24.6. The van der Waals surface area contributed by atoms with E-state index < -0.39 is 34.3 Å². The average Bonchev–Trinajstić information content (AvgIpc) is 3.52. The van der Waals surface area contributed by atoms with Crippen LogP contribution in [0.1, 0.15) is 38.2 Å². The predicted octanol–water partition coefficient (Wildman–Crippen LogP) is 5.82. The zero-order valence-corrected chi connectivity index (χ0v) is 26.9. The minimum absolute atomic E-state index is 0.00746. The number of amides is 2. The first kappa shape index (κ1) is 33.4. The summed E-state index contributed by atoms with van der Waals surface area (Å²) < 4.78 is 53.4. The lowest BCUT2D eigenvalue weighted by molar-refractivity contribution is -0.139. The molecule has 0 saturated heterocycles. The first-order valence-electron chi connectivity index (χ1n) is 14.0. The molecule has 44 heavy (non-hydrogen) atoms. The second-order valence-electron chi connectivity index (χ2n) is 10.4. The Labute approximate surface area is 266 Å². The lowest BCUT2D eigenvalue weighted by Gasteiger charge is -2.33. The number of halogens is 3. The van der Waals surface area contributed by atoms with Crippen molar-refractivity contribution >= 4 is 50.7 Å². The van der Waals surface area contributed by atoms with Crippen molar-refractivity contribution in [3.8, 4) is 11.5 Å². The van der Waals surface area contributed by atoms with Gasteiger partial charge in [0.05, 0.1) is 24.8 Å². The van der Waals surface area contributed by atoms with Crippen LogP contribution in [0.5, 0.6) is 11.5 Å². The van der Waals surface area contributed by atoms with Crippen molar-refractivity contribution < 1.29 is 31.9 Å². The molecule has 1 N–H and O–H groups in total. The molecule has 0 heterocycles. The van der Waals surface area contributed by atoms with Gasteiger partial charge < -0.3 is 19.7 Å². The fourth-order valence-electron chi connectivity index (χ4n) is 5.07. The summed E-state index contributed by atoms with van der Waals surface area (Å²) in [6, 6.07) is 12.6. The molecule has 1 atom stereocenters. The molecule has 0 aliphatic heterocycles. The van der Waals surface area contributed by atoms with E-state index >= 15 is 0 Å². The highest BCUT2D eigenvalue weighted by atomic mass is 35.5. The van der Waals surface area contributed by atoms with Crippen LogP contribution in [0.25, 0.3) is 0 Å². The van der Waals surface area contributed by atoms with Crippen LogP contribution in [0.2, 0.25) is 10.0 Å². The summed E-state index contributed by atoms with van der Waals surface area (Å²) in [5.74, 6) is -1.21. The van der Waals surface area contributed by atoms with Gasteiger partial charge in [0.1, 0.15) is 18.4 Å². The predicted molar refractivity (Wildman–Crippen MR) is 167 cm³/mol. The minimum atomic E-state index is -4.43. The third kappa shape index (κ3) is 7.57. The maximum Gasteiger partial charge on any atom is 0.264 e. The summed E-state index contributed by atoms with van der Waals surface area (Å²) in [5.41, 5.74) is 0.439. The lowest BCUT2D eigenvalue weighted by atomic mass is 10.1. The largest absolute Gasteiger partial charge is 0.493 e. The van der Waals surface area contributed by atoms with Gasteiger partial charge in [-0.15, -0.1) is 0 Å². The Morgan fingerprint density at radius 1 is 0.977 bits per heavy atom. The highest BCUT2D eigenvalue weighted by molar-refractivity contribution is 7.92. The molecule has 1 saturated carbocycles. The van der Waals surface area contributed by atoms with Crippen LogP contribution in [0, 0.1) is 5.82 Å². The zero-order chi connectivity index (χ0) is 32.0. The van der Waals surface area contributed by atoms with Gasteiger partial charge >= 0.3 is 0 Å². The van der Waals surface area contributed by atoms with Gasteiger partial charge in [-0.05, 0) is 68.3 Å². The van der Waals surface area contributed by atoms with Crippen molar-refractivity contribution in [3.05, 3.63) is 82.1 Å². The van der Waals surface area contributed by atoms with Crippen molar-refractivity contribution in [2.24, 2.45) is 0 Å². The topological polar surface area (TPSA) is 105 Å². The van der Waals surface area contributed by atoms with Crippen molar-refractivity contribution in [2.45, 2.75) is 56.1 Å². The van der Waals surface area contributed by atoms with Crippen LogP contribution in [0.15, 0.2) is 65.6 Å². The van der Waals surface area contributed by atoms with Crippen molar-refractivity contribution in [2.75, 3.05) is 25.1 Å². The maximum atomic E-state index is 14.1. The Kier molecular flexibility index (Phi) is 11.0. The Balaban J connectivity index is 1.74. The Morgan fingerprint density at radius 3 is 2.18 bits per heavy atom. The molecule has 2 amide bonds. The lowest BCUT2D eigenvalue weighted by Crippen LogP contribution is -2.52. The van der Waals surface area contributed by atoms with Crippen molar-refractivity contribution in [3.63, 3.8) is 0 Å². The molecule has 3 aromatic carbocycles. The summed E-state index contributed by atoms with van der Waals surface area (Å²) in [7, 11) is -1.65. The fourth-order valence-corrected chi connectivity index (χ4v) is 7.02. The molecule has 1 unspecified atom stereocenters. The summed E-state index contributed by atoms with van der Waals surface area (Å²) in [4.78, 5) is 28.6. The van der Waals surface area contributed by atoms with Gasteiger partial charge in [0, 0.05) is 34.3 Å². The first-order valence-corrected chi connectivity index (χ1v) is 16.2. The fraction of sp³-hybridized carbons (Fsp3) is 0.355. The standard InChI is InChI=1S/C31H34Cl2FN3O6S/c1-20(31(39)35-22-7-4-5-8-22)36(18-25-26(32)9-6-10-27(25)33)30(38)19-37(23-13-11-21(34)12-14-23)44(40,41)24-15-16-28(42-2)29(17-24)43-3/h6,9-17,20,22H,4-5,7-8,18-19H2,1-3H3,(H,35,39). The monoisotopic (exact) mass is 665 g/mol. The quantitative estimate of drug-likeness (QED) is 0.261. The number of rotatable bonds is 12. The number of carbonyl (C=O) groups excluding carboxylic acids is 2. The molecule has 1 aliphatic carbocycles. The van der Waals surface area contributed by atoms with Gasteiger partial charge in [0.2, 0.25) is 11.8 Å². The first-order chi connectivity index (χ1) is 21.0. The smallest absolute Gasteiger partial charge is 0.264 e. The maximum absolute atomic E-state index is 14.1. The molecule has 3 aromatic rings. The van der Waals surface area contributed by atoms with Crippen LogP contribution in [-0.4, -0.2) is 58.0 Å². The van der Waals surface area contributed by atoms with E-state index in [4.69, 9.17) is 32.7 Å². The van der Waals surface area contributed by atoms with E-state index in [9.17, 15) is 22.4 Å². The molecule has 0 radical (unpaired) electrons. The second kappa shape index (κ2) is 14.5. The molecular formula is C31H34Cl2FN3O6S. The van der Waals surface area contributed by atoms with E-state index in [1.807, 2.05) is 0 Å². The highest BCUT2D eigenvalue weighted by Gasteiger charge is 2.34. The number of carbonyl (C=O) groups is 2. The molecular weight excluding hydrogens is 632 g/mol. The molecule has 0 bridgehead atoms. The molecule has 9 nitrogen and oxygen atoms in total. The number of sulfonamides is 1. The molecule has 236 valence electrons. The van der Waals surface area contributed by atoms with Crippen molar-refractivity contribution in [1.29, 1.82) is 0 Å². The van der Waals surface area contributed by atoms with Crippen LogP contribution < -0.4 is 19.1 Å². The number of nitrogens with one attached hydrogen (secondary N) is 1. The number of hydrogen-bond acceptors (Lipinski definition) is 6. The normalized spacial score (nSPS) is 14.1. The van der Waals surface area contributed by atoms with E-state index in [0.29, 0.717) is 11.3 Å². The summed E-state index contributed by atoms with van der Waals surface area (Å²) in [6.45, 7) is 0.688. The van der Waals surface area contributed by atoms with Gasteiger partial charge in [-0.25, -0.2) is 12.8 Å². The second-order valence-corrected chi connectivity index (χ2v) is 13.1. The average molecular weight is 667 g/mol. The summed E-state index contributed by atoms with van der Waals surface area (Å²) in [6.07, 6.45) is 3.67. The Morgan fingerprint density at radius 2 is 1.59 bits per heavy atom. The molecule has 0 aromatic heterocycles. The number of ether oxygens (including phenoxy) is 2. The Bertz CT molecular complexity index is 1580. The van der Waals surface area contributed by atoms with E-state index in [2.05, 4.69) is 5.32 Å². The number of nitrogens with zero attached hydrogens (tertiary/aromatic N) is 2. The SMILES string of the molecule is COc1ccc(S(=O)(=O)N(CC(=O)N(Cc2c(Cl)cccc2Cl)C(C)C(=O)NC2CCCC2)c2ccc(F)cc2)cc1OC. The van der Waals surface area contributed by atoms with Gasteiger partial charge in [-0.1, -0.05) is 42.1 Å². The number of methoxy groups -OCH3 is 2. The van der Waals surface area contributed by atoms with Crippen LogP contribution in [0.4, 0.5) is 10.1 Å². The van der Waals surface area contributed by atoms with Gasteiger partial charge in [0.25, 0.3) is 10.0 Å². The molecule has 1 fully saturated rings. The molecule has 0 spiro atoms. The number of hydrogen-bond donors (Lipinski definition) is 1. The van der Waals surface area contributed by atoms with Crippen LogP contribution in [0.3, 0.4) is 0 Å². The number of benzene rings is 3. The highest BCUT2D eigenvalue weighted by Crippen LogP contribution is 2.33. The summed E-state index contributed by atoms with van der Waals surface area (Å²) in [5, 5.41) is 3.57. The van der Waals surface area contributed by atoms with Crippen LogP contribution >= 0.6 is 23.2 Å². The summed E-state index contributed by atoms with van der Waals surface area (Å²) >= 11 is 12.9. The van der Waals surface area contributed by atoms with Gasteiger partial charge in [-0.3, -0.25) is 13.9 Å². The molecule has 4 rings (SSSR count). The third-order valence-electron chi connectivity index (χ3n) is 7.60. The Hall–Kier alpha value is -3.54. The molecule has 13 heteroatoms. The van der Waals surface area contributed by atoms with E-state index in [1.165, 1.54) is 49.5 Å².